The molecule has 2 N–H and O–H groups in total. The lowest BCUT2D eigenvalue weighted by molar-refractivity contribution is -0.104. The third-order valence-electron chi connectivity index (χ3n) is 6.83. The third kappa shape index (κ3) is 3.31. The molecule has 170 valence electrons. The van der Waals surface area contributed by atoms with Crippen molar-refractivity contribution in [3.63, 3.8) is 0 Å². The van der Waals surface area contributed by atoms with Gasteiger partial charge in [-0.05, 0) is 25.8 Å². The van der Waals surface area contributed by atoms with Crippen molar-refractivity contribution in [1.29, 1.82) is 0 Å². The first kappa shape index (κ1) is 22.1. The van der Waals surface area contributed by atoms with E-state index in [9.17, 15) is 28.3 Å². The lowest BCUT2D eigenvalue weighted by Gasteiger charge is -2.51. The number of carbonyl (C=O) groups is 2. The summed E-state index contributed by atoms with van der Waals surface area (Å²) in [6.45, 7) is 1.48. The van der Waals surface area contributed by atoms with Crippen molar-refractivity contribution in [3.8, 4) is 5.75 Å². The maximum atomic E-state index is 13.9. The summed E-state index contributed by atoms with van der Waals surface area (Å²) in [6.07, 6.45) is 3.71. The van der Waals surface area contributed by atoms with Gasteiger partial charge in [-0.3, -0.25) is 14.4 Å². The first-order chi connectivity index (χ1) is 15.1. The molecule has 32 heavy (non-hydrogen) atoms. The number of pyridine rings is 1. The number of aromatic nitrogens is 1. The summed E-state index contributed by atoms with van der Waals surface area (Å²) in [4.78, 5) is 39.1. The van der Waals surface area contributed by atoms with E-state index >= 15 is 0 Å². The minimum absolute atomic E-state index is 0.0349. The van der Waals surface area contributed by atoms with Crippen molar-refractivity contribution in [3.05, 3.63) is 63.1 Å². The molecule has 1 saturated carbocycles. The van der Waals surface area contributed by atoms with Gasteiger partial charge in [0.05, 0.1) is 24.7 Å². The molecule has 0 unspecified atom stereocenters. The second kappa shape index (κ2) is 7.81. The number of rotatable bonds is 4. The number of aliphatic hydroxyl groups is 1. The van der Waals surface area contributed by atoms with Gasteiger partial charge in [-0.15, -0.1) is 0 Å². The van der Waals surface area contributed by atoms with Crippen molar-refractivity contribution < 1.29 is 28.2 Å². The number of nitrogens with zero attached hydrogens (tertiary/aromatic N) is 1. The number of methoxy groups -OCH3 is 1. The van der Waals surface area contributed by atoms with Crippen LogP contribution in [0, 0.1) is 17.0 Å². The van der Waals surface area contributed by atoms with Gasteiger partial charge in [-0.25, -0.2) is 8.78 Å². The molecule has 0 spiro atoms. The zero-order valence-electron chi connectivity index (χ0n) is 17.8. The number of fused-ring (bicyclic) bond motifs is 2. The number of carbonyl (C=O) groups excluding carboxylic acids is 2. The highest BCUT2D eigenvalue weighted by atomic mass is 19.1. The Morgan fingerprint density at radius 2 is 1.97 bits per heavy atom. The van der Waals surface area contributed by atoms with Crippen LogP contribution in [0.25, 0.3) is 0 Å². The largest absolute Gasteiger partial charge is 0.491 e. The van der Waals surface area contributed by atoms with E-state index in [-0.39, 0.29) is 41.4 Å². The Balaban J connectivity index is 1.71. The summed E-state index contributed by atoms with van der Waals surface area (Å²) in [5.74, 6) is -3.02. The predicted molar refractivity (Wildman–Crippen MR) is 111 cm³/mol. The Morgan fingerprint density at radius 1 is 1.25 bits per heavy atom. The van der Waals surface area contributed by atoms with E-state index in [0.717, 1.165) is 18.9 Å². The zero-order chi connectivity index (χ0) is 23.3. The smallest absolute Gasteiger partial charge is 0.257 e. The van der Waals surface area contributed by atoms with Crippen LogP contribution in [0.4, 0.5) is 8.78 Å². The summed E-state index contributed by atoms with van der Waals surface area (Å²) < 4.78 is 33.6. The zero-order valence-corrected chi connectivity index (χ0v) is 17.8. The Labute approximate surface area is 183 Å². The standard InChI is InChI=1S/C23H24F2N2O5/c1-22-7-3-4-8-23(22,31)12-27-11-15(18(28)19(32-2)17(27)20(22)29)21(30)26-10-13-5-6-14(24)9-16(13)25/h5-6,9,11,31H,3-4,7-8,10,12H2,1-2H3,(H,26,30)/t22-,23-/m1/s1. The van der Waals surface area contributed by atoms with Crippen molar-refractivity contribution in [1.82, 2.24) is 9.88 Å². The minimum atomic E-state index is -1.31. The van der Waals surface area contributed by atoms with E-state index in [1.165, 1.54) is 23.9 Å². The van der Waals surface area contributed by atoms with Crippen LogP contribution in [0.2, 0.25) is 0 Å². The molecule has 2 aliphatic rings. The second-order valence-electron chi connectivity index (χ2n) is 8.70. The Hall–Kier alpha value is -3.07. The fourth-order valence-electron chi connectivity index (χ4n) is 4.81. The SMILES string of the molecule is COc1c2n(cc(C(=O)NCc3ccc(F)cc3F)c1=O)C[C@]1(O)CCCC[C@]1(C)C2=O. The molecule has 9 heteroatoms. The van der Waals surface area contributed by atoms with Crippen molar-refractivity contribution in [2.24, 2.45) is 5.41 Å². The molecular weight excluding hydrogens is 422 g/mol. The molecule has 0 saturated heterocycles. The van der Waals surface area contributed by atoms with Gasteiger partial charge in [0.15, 0.2) is 11.5 Å². The fourth-order valence-corrected chi connectivity index (χ4v) is 4.81. The molecule has 1 fully saturated rings. The first-order valence-corrected chi connectivity index (χ1v) is 10.4. The van der Waals surface area contributed by atoms with Gasteiger partial charge in [0.2, 0.25) is 5.43 Å². The third-order valence-corrected chi connectivity index (χ3v) is 6.83. The average molecular weight is 446 g/mol. The van der Waals surface area contributed by atoms with Gasteiger partial charge >= 0.3 is 0 Å². The summed E-state index contributed by atoms with van der Waals surface area (Å²) in [5, 5.41) is 13.7. The quantitative estimate of drug-likeness (QED) is 0.753. The van der Waals surface area contributed by atoms with Crippen molar-refractivity contribution >= 4 is 11.7 Å². The number of ether oxygens (including phenoxy) is 1. The molecular formula is C23H24F2N2O5. The number of benzene rings is 1. The van der Waals surface area contributed by atoms with Gasteiger partial charge in [0.25, 0.3) is 5.91 Å². The fraction of sp³-hybridized carbons (Fsp3) is 0.435. The lowest BCUT2D eigenvalue weighted by atomic mass is 9.59. The average Bonchev–Trinajstić information content (AvgIpc) is 2.74. The predicted octanol–water partition coefficient (Wildman–Crippen LogP) is 2.57. The van der Waals surface area contributed by atoms with E-state index in [2.05, 4.69) is 5.32 Å². The highest BCUT2D eigenvalue weighted by Crippen LogP contribution is 2.50. The minimum Gasteiger partial charge on any atom is -0.491 e. The van der Waals surface area contributed by atoms with Crippen LogP contribution in [0.1, 0.15) is 59.0 Å². The molecule has 2 heterocycles. The molecule has 1 aromatic heterocycles. The van der Waals surface area contributed by atoms with Crippen LogP contribution in [0.5, 0.6) is 5.75 Å². The van der Waals surface area contributed by atoms with Crippen molar-refractivity contribution in [2.75, 3.05) is 7.11 Å². The Kier molecular flexibility index (Phi) is 5.40. The van der Waals surface area contributed by atoms with E-state index in [0.29, 0.717) is 18.9 Å². The van der Waals surface area contributed by atoms with E-state index in [1.54, 1.807) is 6.92 Å². The summed E-state index contributed by atoms with van der Waals surface area (Å²) in [7, 11) is 1.24. The maximum Gasteiger partial charge on any atom is 0.257 e. The second-order valence-corrected chi connectivity index (χ2v) is 8.70. The number of halogens is 2. The number of hydrogen-bond acceptors (Lipinski definition) is 5. The molecule has 2 aromatic rings. The summed E-state index contributed by atoms with van der Waals surface area (Å²) in [5.41, 5.74) is -3.34. The number of nitrogens with one attached hydrogen (secondary N) is 1. The van der Waals surface area contributed by atoms with Gasteiger partial charge < -0.3 is 19.7 Å². The van der Waals surface area contributed by atoms with Gasteiger partial charge in [0.1, 0.15) is 22.9 Å². The topological polar surface area (TPSA) is 97.6 Å². The lowest BCUT2D eigenvalue weighted by Crippen LogP contribution is -2.60. The number of ketones is 1. The molecule has 2 atom stereocenters. The van der Waals surface area contributed by atoms with E-state index in [1.807, 2.05) is 0 Å². The van der Waals surface area contributed by atoms with Gasteiger partial charge in [-0.1, -0.05) is 18.9 Å². The maximum absolute atomic E-state index is 13.9. The highest BCUT2D eigenvalue weighted by molar-refractivity contribution is 6.04. The molecule has 1 amide bonds. The molecule has 4 rings (SSSR count). The molecule has 7 nitrogen and oxygen atoms in total. The van der Waals surface area contributed by atoms with Crippen molar-refractivity contribution in [2.45, 2.75) is 51.3 Å². The van der Waals surface area contributed by atoms with Gasteiger partial charge in [0, 0.05) is 24.4 Å². The first-order valence-electron chi connectivity index (χ1n) is 10.4. The number of Topliss-reactive ketones (excluding diaryl/α,β-unsaturated/α-hetero) is 1. The number of amides is 1. The van der Waals surface area contributed by atoms with Gasteiger partial charge in [-0.2, -0.15) is 0 Å². The Bertz CT molecular complexity index is 1180. The highest BCUT2D eigenvalue weighted by Gasteiger charge is 2.57. The van der Waals surface area contributed by atoms with Crippen LogP contribution in [-0.4, -0.2) is 34.1 Å². The summed E-state index contributed by atoms with van der Waals surface area (Å²) >= 11 is 0. The Morgan fingerprint density at radius 3 is 2.66 bits per heavy atom. The molecule has 1 aromatic carbocycles. The van der Waals surface area contributed by atoms with Crippen LogP contribution in [-0.2, 0) is 13.1 Å². The van der Waals surface area contributed by atoms with E-state index < -0.39 is 34.0 Å². The monoisotopic (exact) mass is 446 g/mol. The number of hydrogen-bond donors (Lipinski definition) is 2. The van der Waals surface area contributed by atoms with Crippen LogP contribution in [0.3, 0.4) is 0 Å². The van der Waals surface area contributed by atoms with Crippen LogP contribution < -0.4 is 15.5 Å². The normalized spacial score (nSPS) is 24.5. The van der Waals surface area contributed by atoms with Crippen LogP contribution in [0.15, 0.2) is 29.2 Å². The summed E-state index contributed by atoms with van der Waals surface area (Å²) in [6, 6.07) is 2.96. The molecule has 0 radical (unpaired) electrons. The molecule has 1 aliphatic carbocycles. The molecule has 1 aliphatic heterocycles. The van der Waals surface area contributed by atoms with E-state index in [4.69, 9.17) is 4.74 Å². The molecule has 0 bridgehead atoms. The van der Waals surface area contributed by atoms with Crippen LogP contribution >= 0.6 is 0 Å².